The zero-order valence-corrected chi connectivity index (χ0v) is 12.3. The third kappa shape index (κ3) is 3.25. The minimum Gasteiger partial charge on any atom is -0.379 e. The number of thiol groups is 1. The summed E-state index contributed by atoms with van der Waals surface area (Å²) >= 11 is 4.56. The molecule has 0 spiro atoms. The van der Waals surface area contributed by atoms with Crippen molar-refractivity contribution in [2.24, 2.45) is 0 Å². The van der Waals surface area contributed by atoms with Crippen LogP contribution in [0.25, 0.3) is 0 Å². The van der Waals surface area contributed by atoms with E-state index in [1.165, 1.54) is 0 Å². The van der Waals surface area contributed by atoms with Crippen molar-refractivity contribution in [3.05, 3.63) is 29.6 Å². The van der Waals surface area contributed by atoms with Gasteiger partial charge < -0.3 is 4.74 Å². The Balaban J connectivity index is 2.09. The van der Waals surface area contributed by atoms with Crippen molar-refractivity contribution < 1.29 is 4.74 Å². The van der Waals surface area contributed by atoms with E-state index in [4.69, 9.17) is 4.74 Å². The first kappa shape index (κ1) is 13.8. The van der Waals surface area contributed by atoms with Gasteiger partial charge >= 0.3 is 0 Å². The van der Waals surface area contributed by atoms with Crippen molar-refractivity contribution in [2.75, 3.05) is 26.3 Å². The summed E-state index contributed by atoms with van der Waals surface area (Å²) in [6.07, 6.45) is 1.94. The molecular formula is C14H22N2OS. The summed E-state index contributed by atoms with van der Waals surface area (Å²) in [5, 5.41) is 0. The molecule has 4 heteroatoms. The molecular weight excluding hydrogens is 244 g/mol. The molecule has 1 atom stereocenters. The number of nitrogens with zero attached hydrogens (tertiary/aromatic N) is 2. The van der Waals surface area contributed by atoms with Crippen molar-refractivity contribution in [3.63, 3.8) is 0 Å². The summed E-state index contributed by atoms with van der Waals surface area (Å²) in [5.74, 6) is 0. The highest BCUT2D eigenvalue weighted by Gasteiger charge is 2.20. The molecule has 3 nitrogen and oxygen atoms in total. The van der Waals surface area contributed by atoms with Gasteiger partial charge in [-0.3, -0.25) is 9.88 Å². The molecule has 0 aliphatic carbocycles. The number of pyridine rings is 1. The Morgan fingerprint density at radius 1 is 1.33 bits per heavy atom. The maximum Gasteiger partial charge on any atom is 0.0594 e. The van der Waals surface area contributed by atoms with Gasteiger partial charge in [-0.25, -0.2) is 0 Å². The van der Waals surface area contributed by atoms with Crippen LogP contribution in [0.2, 0.25) is 0 Å². The summed E-state index contributed by atoms with van der Waals surface area (Å²) in [6.45, 7) is 10.00. The first-order valence-corrected chi connectivity index (χ1v) is 6.94. The average molecular weight is 266 g/mol. The maximum absolute atomic E-state index is 5.38. The van der Waals surface area contributed by atoms with E-state index in [0.29, 0.717) is 6.04 Å². The maximum atomic E-state index is 5.38. The van der Waals surface area contributed by atoms with Gasteiger partial charge in [0.25, 0.3) is 0 Å². The largest absolute Gasteiger partial charge is 0.379 e. The van der Waals surface area contributed by atoms with Crippen molar-refractivity contribution in [3.8, 4) is 0 Å². The molecule has 1 fully saturated rings. The molecule has 2 heterocycles. The molecule has 0 saturated carbocycles. The van der Waals surface area contributed by atoms with E-state index in [2.05, 4.69) is 55.4 Å². The molecule has 1 saturated heterocycles. The van der Waals surface area contributed by atoms with Gasteiger partial charge in [-0.1, -0.05) is 6.07 Å². The van der Waals surface area contributed by atoms with Crippen LogP contribution in [0, 0.1) is 0 Å². The van der Waals surface area contributed by atoms with Gasteiger partial charge in [-0.15, -0.1) is 0 Å². The molecule has 0 N–H and O–H groups in total. The molecule has 0 amide bonds. The lowest BCUT2D eigenvalue weighted by atomic mass is 10.0. The van der Waals surface area contributed by atoms with Crippen LogP contribution in [0.5, 0.6) is 0 Å². The summed E-state index contributed by atoms with van der Waals surface area (Å²) in [5.41, 5.74) is 2.28. The molecule has 0 bridgehead atoms. The fourth-order valence-corrected chi connectivity index (χ4v) is 2.30. The molecule has 1 unspecified atom stereocenters. The van der Waals surface area contributed by atoms with Gasteiger partial charge in [0, 0.05) is 30.1 Å². The molecule has 0 aromatic carbocycles. The standard InChI is InChI=1S/C14H22N2OS/c1-11(16-6-8-17-9-7-16)13-5-4-12(10-15-13)14(2,3)18/h4-5,10-11,18H,6-9H2,1-3H3. The normalized spacial score (nSPS) is 19.8. The lowest BCUT2D eigenvalue weighted by Gasteiger charge is -2.32. The number of morpholine rings is 1. The number of aromatic nitrogens is 1. The summed E-state index contributed by atoms with van der Waals surface area (Å²) < 4.78 is 5.25. The van der Waals surface area contributed by atoms with Gasteiger partial charge in [0.15, 0.2) is 0 Å². The van der Waals surface area contributed by atoms with Crippen LogP contribution in [-0.4, -0.2) is 36.2 Å². The van der Waals surface area contributed by atoms with Crippen molar-refractivity contribution >= 4 is 12.6 Å². The first-order chi connectivity index (χ1) is 8.48. The van der Waals surface area contributed by atoms with Crippen LogP contribution < -0.4 is 0 Å². The lowest BCUT2D eigenvalue weighted by Crippen LogP contribution is -2.38. The van der Waals surface area contributed by atoms with E-state index in [1.54, 1.807) is 0 Å². The van der Waals surface area contributed by atoms with Crippen molar-refractivity contribution in [1.29, 1.82) is 0 Å². The molecule has 1 aliphatic rings. The molecule has 1 aromatic heterocycles. The van der Waals surface area contributed by atoms with E-state index in [1.807, 2.05) is 6.20 Å². The highest BCUT2D eigenvalue weighted by atomic mass is 32.1. The second kappa shape index (κ2) is 5.59. The van der Waals surface area contributed by atoms with Crippen molar-refractivity contribution in [1.82, 2.24) is 9.88 Å². The van der Waals surface area contributed by atoms with E-state index >= 15 is 0 Å². The summed E-state index contributed by atoms with van der Waals surface area (Å²) in [6, 6.07) is 4.60. The number of hydrogen-bond acceptors (Lipinski definition) is 4. The van der Waals surface area contributed by atoms with Gasteiger partial charge in [0.05, 0.1) is 18.9 Å². The van der Waals surface area contributed by atoms with Gasteiger partial charge in [0.2, 0.25) is 0 Å². The van der Waals surface area contributed by atoms with Gasteiger partial charge in [-0.05, 0) is 32.4 Å². The van der Waals surface area contributed by atoms with Crippen LogP contribution in [0.1, 0.15) is 38.1 Å². The second-order valence-corrected chi connectivity index (χ2v) is 6.47. The smallest absolute Gasteiger partial charge is 0.0594 e. The van der Waals surface area contributed by atoms with Crippen LogP contribution in [0.3, 0.4) is 0 Å². The Morgan fingerprint density at radius 3 is 2.50 bits per heavy atom. The third-order valence-corrected chi connectivity index (χ3v) is 3.77. The van der Waals surface area contributed by atoms with E-state index in [0.717, 1.165) is 37.6 Å². The Labute approximate surface area is 115 Å². The topological polar surface area (TPSA) is 25.4 Å². The summed E-state index contributed by atoms with van der Waals surface area (Å²) in [7, 11) is 0. The monoisotopic (exact) mass is 266 g/mol. The molecule has 1 aliphatic heterocycles. The molecule has 18 heavy (non-hydrogen) atoms. The van der Waals surface area contributed by atoms with Crippen LogP contribution in [-0.2, 0) is 9.48 Å². The van der Waals surface area contributed by atoms with Crippen LogP contribution in [0.15, 0.2) is 18.3 Å². The number of ether oxygens (including phenoxy) is 1. The van der Waals surface area contributed by atoms with Crippen LogP contribution >= 0.6 is 12.6 Å². The average Bonchev–Trinajstić information content (AvgIpc) is 2.38. The zero-order chi connectivity index (χ0) is 13.2. The summed E-state index contributed by atoms with van der Waals surface area (Å²) in [4.78, 5) is 7.00. The SMILES string of the molecule is CC(c1ccc(C(C)(C)S)cn1)N1CCOCC1. The van der Waals surface area contributed by atoms with E-state index < -0.39 is 0 Å². The third-order valence-electron chi connectivity index (χ3n) is 3.51. The molecule has 100 valence electrons. The molecule has 0 radical (unpaired) electrons. The zero-order valence-electron chi connectivity index (χ0n) is 11.4. The Morgan fingerprint density at radius 2 is 2.00 bits per heavy atom. The predicted octanol–water partition coefficient (Wildman–Crippen LogP) is 2.64. The predicted molar refractivity (Wildman–Crippen MR) is 77.1 cm³/mol. The van der Waals surface area contributed by atoms with E-state index in [9.17, 15) is 0 Å². The highest BCUT2D eigenvalue weighted by Crippen LogP contribution is 2.27. The fourth-order valence-electron chi connectivity index (χ4n) is 2.17. The second-order valence-electron chi connectivity index (χ2n) is 5.36. The van der Waals surface area contributed by atoms with Gasteiger partial charge in [0.1, 0.15) is 0 Å². The minimum atomic E-state index is -0.131. The number of rotatable bonds is 3. The lowest BCUT2D eigenvalue weighted by molar-refractivity contribution is 0.0190. The number of hydrogen-bond donors (Lipinski definition) is 1. The Hall–Kier alpha value is -0.580. The quantitative estimate of drug-likeness (QED) is 0.852. The van der Waals surface area contributed by atoms with E-state index in [-0.39, 0.29) is 4.75 Å². The van der Waals surface area contributed by atoms with Crippen LogP contribution in [0.4, 0.5) is 0 Å². The van der Waals surface area contributed by atoms with Crippen molar-refractivity contribution in [2.45, 2.75) is 31.6 Å². The first-order valence-electron chi connectivity index (χ1n) is 6.49. The fraction of sp³-hybridized carbons (Fsp3) is 0.643. The Kier molecular flexibility index (Phi) is 4.30. The molecule has 1 aromatic rings. The molecule has 2 rings (SSSR count). The van der Waals surface area contributed by atoms with Gasteiger partial charge in [-0.2, -0.15) is 12.6 Å². The minimum absolute atomic E-state index is 0.131. The highest BCUT2D eigenvalue weighted by molar-refractivity contribution is 7.81. The Bertz CT molecular complexity index is 380.